The topological polar surface area (TPSA) is 68.1 Å². The smallest absolute Gasteiger partial charge is 0.389 e. The van der Waals surface area contributed by atoms with Crippen molar-refractivity contribution in [3.8, 4) is 0 Å². The quantitative estimate of drug-likeness (QED) is 0.705. The summed E-state index contributed by atoms with van der Waals surface area (Å²) in [7, 11) is -4.30. The summed E-state index contributed by atoms with van der Waals surface area (Å²) in [6, 6.07) is 2.76. The minimum absolute atomic E-state index is 0.221. The number of nitrogens with zero attached hydrogens (tertiary/aromatic N) is 2. The fourth-order valence-electron chi connectivity index (χ4n) is 2.33. The van der Waals surface area contributed by atoms with Crippen LogP contribution in [0.2, 0.25) is 0 Å². The molecule has 0 radical (unpaired) electrons. The van der Waals surface area contributed by atoms with Crippen LogP contribution in [0.4, 0.5) is 22.0 Å². The van der Waals surface area contributed by atoms with Crippen LogP contribution in [0.5, 0.6) is 0 Å². The first-order valence-corrected chi connectivity index (χ1v) is 8.92. The maximum atomic E-state index is 14.1. The van der Waals surface area contributed by atoms with Crippen molar-refractivity contribution in [2.75, 3.05) is 0 Å². The van der Waals surface area contributed by atoms with Crippen LogP contribution in [0.15, 0.2) is 27.7 Å². The molecule has 0 aromatic heterocycles. The zero-order chi connectivity index (χ0) is 19.9. The van der Waals surface area contributed by atoms with Crippen molar-refractivity contribution in [2.45, 2.75) is 44.2 Å². The van der Waals surface area contributed by atoms with E-state index in [1.807, 2.05) is 0 Å². The molecule has 1 aromatic carbocycles. The summed E-state index contributed by atoms with van der Waals surface area (Å²) >= 11 is 0. The SMILES string of the molecule is CC(c1c(F)cccc1F)S(=O)(=NC(=O)C(F)(F)F)C1=NOC(C)(C)C1. The molecule has 0 aliphatic carbocycles. The number of amides is 1. The molecule has 144 valence electrons. The second-order valence-electron chi connectivity index (χ2n) is 6.25. The first kappa shape index (κ1) is 20.3. The van der Waals surface area contributed by atoms with Crippen LogP contribution in [0.25, 0.3) is 0 Å². The molecule has 5 nitrogen and oxygen atoms in total. The molecule has 1 amide bonds. The number of alkyl halides is 3. The minimum Gasteiger partial charge on any atom is -0.389 e. The van der Waals surface area contributed by atoms with Crippen molar-refractivity contribution in [1.29, 1.82) is 0 Å². The average Bonchev–Trinajstić information content (AvgIpc) is 2.86. The fourth-order valence-corrected chi connectivity index (χ4v) is 4.59. The van der Waals surface area contributed by atoms with E-state index in [4.69, 9.17) is 4.84 Å². The van der Waals surface area contributed by atoms with Crippen LogP contribution < -0.4 is 0 Å². The van der Waals surface area contributed by atoms with Gasteiger partial charge in [-0.05, 0) is 32.9 Å². The molecule has 0 spiro atoms. The minimum atomic E-state index is -5.40. The van der Waals surface area contributed by atoms with Gasteiger partial charge in [0.2, 0.25) is 0 Å². The Labute approximate surface area is 146 Å². The third kappa shape index (κ3) is 3.87. The fraction of sp³-hybridized carbons (Fsp3) is 0.467. The van der Waals surface area contributed by atoms with Gasteiger partial charge >= 0.3 is 12.1 Å². The zero-order valence-electron chi connectivity index (χ0n) is 13.9. The third-order valence-corrected chi connectivity index (χ3v) is 6.18. The summed E-state index contributed by atoms with van der Waals surface area (Å²) in [6.45, 7) is 4.05. The molecule has 0 saturated heterocycles. The molecular weight excluding hydrogens is 383 g/mol. The zero-order valence-corrected chi connectivity index (χ0v) is 14.8. The van der Waals surface area contributed by atoms with Gasteiger partial charge < -0.3 is 4.84 Å². The van der Waals surface area contributed by atoms with E-state index in [-0.39, 0.29) is 6.42 Å². The van der Waals surface area contributed by atoms with E-state index in [1.165, 1.54) is 13.8 Å². The number of benzene rings is 1. The number of carbonyl (C=O) groups excluding carboxylic acids is 1. The highest BCUT2D eigenvalue weighted by Crippen LogP contribution is 2.36. The van der Waals surface area contributed by atoms with Gasteiger partial charge in [0.15, 0.2) is 5.04 Å². The molecule has 2 unspecified atom stereocenters. The predicted octanol–water partition coefficient (Wildman–Crippen LogP) is 4.10. The first-order valence-electron chi connectivity index (χ1n) is 7.34. The van der Waals surface area contributed by atoms with Crippen LogP contribution in [-0.4, -0.2) is 26.9 Å². The number of oxime groups is 1. The summed E-state index contributed by atoms with van der Waals surface area (Å²) in [6.07, 6.45) is -5.62. The van der Waals surface area contributed by atoms with E-state index in [0.29, 0.717) is 0 Å². The van der Waals surface area contributed by atoms with Gasteiger partial charge in [-0.2, -0.15) is 13.2 Å². The van der Waals surface area contributed by atoms with Crippen LogP contribution in [-0.2, 0) is 19.4 Å². The molecule has 0 N–H and O–H groups in total. The predicted molar refractivity (Wildman–Crippen MR) is 83.6 cm³/mol. The van der Waals surface area contributed by atoms with Crippen molar-refractivity contribution in [1.82, 2.24) is 0 Å². The van der Waals surface area contributed by atoms with E-state index in [0.717, 1.165) is 25.1 Å². The van der Waals surface area contributed by atoms with Gasteiger partial charge in [-0.3, -0.25) is 4.79 Å². The van der Waals surface area contributed by atoms with Gasteiger partial charge in [0.25, 0.3) is 0 Å². The Morgan fingerprint density at radius 2 is 1.85 bits per heavy atom. The number of rotatable bonds is 2. The van der Waals surface area contributed by atoms with Crippen LogP contribution in [0.1, 0.15) is 38.0 Å². The molecule has 0 saturated carbocycles. The highest BCUT2D eigenvalue weighted by atomic mass is 32.2. The number of hydrogen-bond acceptors (Lipinski definition) is 4. The van der Waals surface area contributed by atoms with Crippen molar-refractivity contribution in [2.24, 2.45) is 9.52 Å². The van der Waals surface area contributed by atoms with Crippen LogP contribution >= 0.6 is 0 Å². The molecule has 1 aliphatic heterocycles. The molecule has 0 fully saturated rings. The lowest BCUT2D eigenvalue weighted by molar-refractivity contribution is -0.169. The first-order chi connectivity index (χ1) is 11.8. The van der Waals surface area contributed by atoms with Crippen LogP contribution in [0, 0.1) is 11.6 Å². The molecule has 11 heteroatoms. The Balaban J connectivity index is 2.68. The van der Waals surface area contributed by atoms with Crippen LogP contribution in [0.3, 0.4) is 0 Å². The van der Waals surface area contributed by atoms with E-state index < -0.39 is 54.9 Å². The van der Waals surface area contributed by atoms with Gasteiger partial charge in [-0.1, -0.05) is 11.2 Å². The average molecular weight is 398 g/mol. The standard InChI is InChI=1S/C15H15F5N2O3S/c1-8(12-9(16)5-4-6-10(12)17)26(24,22-13(23)15(18,19)20)11-7-14(2,3)25-21-11/h4-6,8H,7H2,1-3H3. The summed E-state index contributed by atoms with van der Waals surface area (Å²) in [5.74, 6) is -4.88. The molecule has 1 aliphatic rings. The molecule has 1 heterocycles. The molecule has 0 bridgehead atoms. The van der Waals surface area contributed by atoms with Crippen molar-refractivity contribution >= 4 is 20.7 Å². The lowest BCUT2D eigenvalue weighted by Gasteiger charge is -2.19. The van der Waals surface area contributed by atoms with Gasteiger partial charge in [0, 0.05) is 12.0 Å². The summed E-state index contributed by atoms with van der Waals surface area (Å²) in [5, 5.41) is 1.31. The number of halogens is 5. The van der Waals surface area contributed by atoms with Crippen molar-refractivity contribution < 1.29 is 35.8 Å². The van der Waals surface area contributed by atoms with Gasteiger partial charge in [-0.15, -0.1) is 4.36 Å². The highest BCUT2D eigenvalue weighted by Gasteiger charge is 2.44. The Bertz CT molecular complexity index is 866. The van der Waals surface area contributed by atoms with Crippen molar-refractivity contribution in [3.05, 3.63) is 35.4 Å². The summed E-state index contributed by atoms with van der Waals surface area (Å²) in [5.41, 5.74) is -1.76. The van der Waals surface area contributed by atoms with E-state index in [2.05, 4.69) is 9.52 Å². The Morgan fingerprint density at radius 3 is 2.27 bits per heavy atom. The molecule has 2 atom stereocenters. The highest BCUT2D eigenvalue weighted by molar-refractivity contribution is 8.08. The second-order valence-corrected chi connectivity index (χ2v) is 8.75. The molecular formula is C15H15F5N2O3S. The Kier molecular flexibility index (Phi) is 5.15. The third-order valence-electron chi connectivity index (χ3n) is 3.66. The van der Waals surface area contributed by atoms with Gasteiger partial charge in [-0.25, -0.2) is 13.0 Å². The molecule has 26 heavy (non-hydrogen) atoms. The largest absolute Gasteiger partial charge is 0.474 e. The van der Waals surface area contributed by atoms with E-state index in [1.54, 1.807) is 0 Å². The summed E-state index contributed by atoms with van der Waals surface area (Å²) < 4.78 is 82.2. The number of hydrogen-bond donors (Lipinski definition) is 0. The lowest BCUT2D eigenvalue weighted by Crippen LogP contribution is -2.29. The lowest BCUT2D eigenvalue weighted by atomic mass is 10.1. The van der Waals surface area contributed by atoms with E-state index >= 15 is 0 Å². The maximum Gasteiger partial charge on any atom is 0.474 e. The normalized spacial score (nSPS) is 19.9. The second kappa shape index (κ2) is 6.60. The van der Waals surface area contributed by atoms with E-state index in [9.17, 15) is 31.0 Å². The summed E-state index contributed by atoms with van der Waals surface area (Å²) in [4.78, 5) is 16.3. The monoisotopic (exact) mass is 398 g/mol. The molecule has 2 rings (SSSR count). The van der Waals surface area contributed by atoms with Crippen molar-refractivity contribution in [3.63, 3.8) is 0 Å². The Hall–Kier alpha value is -2.04. The molecule has 1 aromatic rings. The Morgan fingerprint density at radius 1 is 1.31 bits per heavy atom. The number of carbonyl (C=O) groups is 1. The maximum absolute atomic E-state index is 14.1. The van der Waals surface area contributed by atoms with Gasteiger partial charge in [0.05, 0.1) is 5.25 Å². The van der Waals surface area contributed by atoms with Gasteiger partial charge in [0.1, 0.15) is 27.0 Å².